The van der Waals surface area contributed by atoms with Gasteiger partial charge in [-0.25, -0.2) is 4.98 Å². The van der Waals surface area contributed by atoms with Crippen LogP contribution in [-0.2, 0) is 12.8 Å². The lowest BCUT2D eigenvalue weighted by atomic mass is 9.93. The van der Waals surface area contributed by atoms with Crippen LogP contribution in [0, 0.1) is 5.92 Å². The Labute approximate surface area is 128 Å². The molecule has 2 heterocycles. The summed E-state index contributed by atoms with van der Waals surface area (Å²) >= 11 is 0. The fourth-order valence-electron chi connectivity index (χ4n) is 2.99. The van der Waals surface area contributed by atoms with Crippen LogP contribution in [0.25, 0.3) is 0 Å². The Balaban J connectivity index is 1.76. The first kappa shape index (κ1) is 16.1. The minimum absolute atomic E-state index is 0.690. The van der Waals surface area contributed by atoms with Crippen LogP contribution in [0.15, 0.2) is 0 Å². The van der Waals surface area contributed by atoms with Crippen molar-refractivity contribution in [2.24, 2.45) is 5.92 Å². The monoisotopic (exact) mass is 291 g/mol. The molecule has 0 aromatic carbocycles. The number of hydrogen-bond donors (Lipinski definition) is 1. The van der Waals surface area contributed by atoms with Crippen LogP contribution in [0.1, 0.15) is 51.4 Å². The maximum atomic E-state index is 4.58. The van der Waals surface area contributed by atoms with Gasteiger partial charge in [0.25, 0.3) is 0 Å². The summed E-state index contributed by atoms with van der Waals surface area (Å²) in [5.74, 6) is 1.53. The van der Waals surface area contributed by atoms with Crippen molar-refractivity contribution in [3.8, 4) is 0 Å². The maximum absolute atomic E-state index is 4.58. The summed E-state index contributed by atoms with van der Waals surface area (Å²) in [6.07, 6.45) is 5.67. The molecule has 1 aliphatic rings. The van der Waals surface area contributed by atoms with Gasteiger partial charge >= 0.3 is 0 Å². The average molecular weight is 291 g/mol. The highest BCUT2D eigenvalue weighted by molar-refractivity contribution is 5.25. The highest BCUT2D eigenvalue weighted by Gasteiger charge is 2.17. The number of hydrogen-bond acceptors (Lipinski definition) is 5. The summed E-state index contributed by atoms with van der Waals surface area (Å²) in [7, 11) is 0. The largest absolute Gasteiger partial charge is 0.353 e. The molecule has 1 saturated heterocycles. The van der Waals surface area contributed by atoms with Gasteiger partial charge in [0.05, 0.1) is 11.4 Å². The Bertz CT molecular complexity index is 427. The summed E-state index contributed by atoms with van der Waals surface area (Å²) in [4.78, 5) is 7.11. The minimum Gasteiger partial charge on any atom is -0.353 e. The number of likely N-dealkylation sites (tertiary alicyclic amines) is 1. The molecule has 118 valence electrons. The fraction of sp³-hybridized carbons (Fsp3) is 0.812. The fourth-order valence-corrected chi connectivity index (χ4v) is 2.99. The normalized spacial score (nSPS) is 17.1. The van der Waals surface area contributed by atoms with E-state index in [2.05, 4.69) is 46.2 Å². The van der Waals surface area contributed by atoms with Crippen LogP contribution in [-0.4, -0.2) is 46.3 Å². The molecule has 0 radical (unpaired) electrons. The van der Waals surface area contributed by atoms with E-state index < -0.39 is 0 Å². The molecule has 0 unspecified atom stereocenters. The third-order valence-electron chi connectivity index (χ3n) is 4.50. The minimum atomic E-state index is 0.690. The van der Waals surface area contributed by atoms with E-state index in [1.165, 1.54) is 38.9 Å². The van der Waals surface area contributed by atoms with Gasteiger partial charge in [0, 0.05) is 6.54 Å². The molecule has 21 heavy (non-hydrogen) atoms. The lowest BCUT2D eigenvalue weighted by molar-refractivity contribution is 0.189. The van der Waals surface area contributed by atoms with Crippen LogP contribution in [0.5, 0.6) is 0 Å². The van der Waals surface area contributed by atoms with Crippen molar-refractivity contribution >= 4 is 5.95 Å². The molecule has 5 nitrogen and oxygen atoms in total. The molecule has 1 fully saturated rings. The van der Waals surface area contributed by atoms with Crippen molar-refractivity contribution < 1.29 is 0 Å². The van der Waals surface area contributed by atoms with E-state index in [1.807, 2.05) is 0 Å². The van der Waals surface area contributed by atoms with Crippen molar-refractivity contribution in [3.63, 3.8) is 0 Å². The van der Waals surface area contributed by atoms with E-state index in [0.717, 1.165) is 36.7 Å². The van der Waals surface area contributed by atoms with Crippen LogP contribution >= 0.6 is 0 Å². The lowest BCUT2D eigenvalue weighted by Gasteiger charge is -2.31. The second-order valence-corrected chi connectivity index (χ2v) is 5.83. The summed E-state index contributed by atoms with van der Waals surface area (Å²) in [5, 5.41) is 11.8. The van der Waals surface area contributed by atoms with Crippen molar-refractivity contribution in [1.82, 2.24) is 20.1 Å². The zero-order chi connectivity index (χ0) is 15.1. The van der Waals surface area contributed by atoms with E-state index >= 15 is 0 Å². The number of rotatable bonds is 7. The predicted octanol–water partition coefficient (Wildman–Crippen LogP) is 2.53. The third-order valence-corrected chi connectivity index (χ3v) is 4.50. The van der Waals surface area contributed by atoms with Gasteiger partial charge in [-0.1, -0.05) is 20.8 Å². The summed E-state index contributed by atoms with van der Waals surface area (Å²) in [6, 6.07) is 0. The van der Waals surface area contributed by atoms with Crippen molar-refractivity contribution in [1.29, 1.82) is 0 Å². The van der Waals surface area contributed by atoms with Crippen molar-refractivity contribution in [2.45, 2.75) is 52.9 Å². The Morgan fingerprint density at radius 3 is 2.38 bits per heavy atom. The number of anilines is 1. The highest BCUT2D eigenvalue weighted by Crippen LogP contribution is 2.20. The number of aryl methyl sites for hydroxylation is 2. The average Bonchev–Trinajstić information content (AvgIpc) is 2.55. The molecular weight excluding hydrogens is 262 g/mol. The van der Waals surface area contributed by atoms with Crippen molar-refractivity contribution in [3.05, 3.63) is 11.4 Å². The first-order valence-corrected chi connectivity index (χ1v) is 8.45. The van der Waals surface area contributed by atoms with Gasteiger partial charge in [-0.15, -0.1) is 5.10 Å². The molecule has 0 bridgehead atoms. The van der Waals surface area contributed by atoms with Crippen LogP contribution in [0.3, 0.4) is 0 Å². The molecule has 0 atom stereocenters. The zero-order valence-electron chi connectivity index (χ0n) is 13.7. The third kappa shape index (κ3) is 4.63. The van der Waals surface area contributed by atoms with E-state index in [1.54, 1.807) is 0 Å². The summed E-state index contributed by atoms with van der Waals surface area (Å²) < 4.78 is 0. The molecule has 0 spiro atoms. The second-order valence-electron chi connectivity index (χ2n) is 5.83. The standard InChI is InChI=1S/C16H29N5/c1-4-14-15(5-2)19-20-16(18-14)17-10-7-13-8-11-21(6-3)12-9-13/h13H,4-12H2,1-3H3,(H,17,18,20). The van der Waals surface area contributed by atoms with Gasteiger partial charge < -0.3 is 10.2 Å². The summed E-state index contributed by atoms with van der Waals surface area (Å²) in [6.45, 7) is 11.1. The van der Waals surface area contributed by atoms with Gasteiger partial charge in [0.15, 0.2) is 0 Å². The van der Waals surface area contributed by atoms with Crippen molar-refractivity contribution in [2.75, 3.05) is 31.5 Å². The maximum Gasteiger partial charge on any atom is 0.242 e. The molecule has 0 saturated carbocycles. The van der Waals surface area contributed by atoms with Crippen LogP contribution in [0.2, 0.25) is 0 Å². The van der Waals surface area contributed by atoms with E-state index in [-0.39, 0.29) is 0 Å². The van der Waals surface area contributed by atoms with E-state index in [9.17, 15) is 0 Å². The predicted molar refractivity (Wildman–Crippen MR) is 86.5 cm³/mol. The second kappa shape index (κ2) is 8.27. The zero-order valence-corrected chi connectivity index (χ0v) is 13.7. The molecule has 0 aliphatic carbocycles. The highest BCUT2D eigenvalue weighted by atomic mass is 15.2. The lowest BCUT2D eigenvalue weighted by Crippen LogP contribution is -2.33. The molecular formula is C16H29N5. The Morgan fingerprint density at radius 1 is 1.05 bits per heavy atom. The van der Waals surface area contributed by atoms with E-state index in [0.29, 0.717) is 5.95 Å². The SMILES string of the molecule is CCc1nnc(NCCC2CCN(CC)CC2)nc1CC. The molecule has 1 N–H and O–H groups in total. The van der Waals surface area contributed by atoms with Gasteiger partial charge in [-0.05, 0) is 57.7 Å². The quantitative estimate of drug-likeness (QED) is 0.836. The van der Waals surface area contributed by atoms with E-state index in [4.69, 9.17) is 0 Å². The first-order chi connectivity index (χ1) is 10.3. The molecule has 1 aromatic heterocycles. The molecule has 1 aliphatic heterocycles. The topological polar surface area (TPSA) is 53.9 Å². The van der Waals surface area contributed by atoms with Crippen LogP contribution < -0.4 is 5.32 Å². The van der Waals surface area contributed by atoms with Gasteiger partial charge in [0.1, 0.15) is 0 Å². The number of nitrogens with one attached hydrogen (secondary N) is 1. The summed E-state index contributed by atoms with van der Waals surface area (Å²) in [5.41, 5.74) is 2.10. The molecule has 2 rings (SSSR count). The molecule has 0 amide bonds. The number of aromatic nitrogens is 3. The smallest absolute Gasteiger partial charge is 0.242 e. The van der Waals surface area contributed by atoms with Gasteiger partial charge in [-0.3, -0.25) is 0 Å². The molecule has 5 heteroatoms. The Hall–Kier alpha value is -1.23. The Kier molecular flexibility index (Phi) is 6.36. The molecule has 1 aromatic rings. The van der Waals surface area contributed by atoms with Crippen LogP contribution in [0.4, 0.5) is 5.95 Å². The Morgan fingerprint density at radius 2 is 1.76 bits per heavy atom. The van der Waals surface area contributed by atoms with Gasteiger partial charge in [0.2, 0.25) is 5.95 Å². The van der Waals surface area contributed by atoms with Gasteiger partial charge in [-0.2, -0.15) is 5.10 Å². The first-order valence-electron chi connectivity index (χ1n) is 8.45. The number of nitrogens with zero attached hydrogens (tertiary/aromatic N) is 4. The number of piperidine rings is 1.